The number of nitrogens with one attached hydrogen (secondary N) is 1. The quantitative estimate of drug-likeness (QED) is 0.873. The largest absolute Gasteiger partial charge is 0.444 e. The highest BCUT2D eigenvalue weighted by Crippen LogP contribution is 2.28. The first-order valence-corrected chi connectivity index (χ1v) is 8.43. The van der Waals surface area contributed by atoms with E-state index in [2.05, 4.69) is 10.2 Å². The van der Waals surface area contributed by atoms with E-state index in [1.54, 1.807) is 4.90 Å². The first kappa shape index (κ1) is 19.1. The molecule has 0 spiro atoms. The van der Waals surface area contributed by atoms with E-state index >= 15 is 0 Å². The summed E-state index contributed by atoms with van der Waals surface area (Å²) in [6.07, 6.45) is -0.415. The standard InChI is InChI=1S/C18H27N3O4/c1-13(23)19-15-7-5-6-8-16(15)20-9-10-21(14(11-20)12-22)17(24)25-18(2,3)4/h5-8,14,22H,9-12H2,1-4H3,(H,19,23). The summed E-state index contributed by atoms with van der Waals surface area (Å²) in [5.74, 6) is -0.140. The van der Waals surface area contributed by atoms with Crippen molar-refractivity contribution in [2.24, 2.45) is 0 Å². The lowest BCUT2D eigenvalue weighted by atomic mass is 10.1. The Hall–Kier alpha value is -2.28. The van der Waals surface area contributed by atoms with E-state index in [4.69, 9.17) is 4.74 Å². The normalized spacial score (nSPS) is 18.0. The molecule has 2 rings (SSSR count). The van der Waals surface area contributed by atoms with Gasteiger partial charge in [0, 0.05) is 26.6 Å². The lowest BCUT2D eigenvalue weighted by Gasteiger charge is -2.42. The van der Waals surface area contributed by atoms with Crippen LogP contribution in [0.3, 0.4) is 0 Å². The number of amides is 2. The van der Waals surface area contributed by atoms with Gasteiger partial charge in [-0.3, -0.25) is 9.69 Å². The monoisotopic (exact) mass is 349 g/mol. The lowest BCUT2D eigenvalue weighted by molar-refractivity contribution is -0.114. The van der Waals surface area contributed by atoms with Gasteiger partial charge in [-0.2, -0.15) is 0 Å². The fourth-order valence-electron chi connectivity index (χ4n) is 2.84. The number of para-hydroxylation sites is 2. The fraction of sp³-hybridized carbons (Fsp3) is 0.556. The minimum absolute atomic E-state index is 0.140. The van der Waals surface area contributed by atoms with Gasteiger partial charge in [0.25, 0.3) is 0 Å². The summed E-state index contributed by atoms with van der Waals surface area (Å²) in [5.41, 5.74) is 1.02. The van der Waals surface area contributed by atoms with Crippen molar-refractivity contribution >= 4 is 23.4 Å². The van der Waals surface area contributed by atoms with E-state index < -0.39 is 11.7 Å². The van der Waals surface area contributed by atoms with Crippen LogP contribution in [0.2, 0.25) is 0 Å². The molecule has 1 aliphatic rings. The molecule has 1 aromatic carbocycles. The summed E-state index contributed by atoms with van der Waals surface area (Å²) >= 11 is 0. The van der Waals surface area contributed by atoms with E-state index in [0.717, 1.165) is 11.4 Å². The second kappa shape index (κ2) is 7.74. The Bertz CT molecular complexity index is 627. The van der Waals surface area contributed by atoms with Gasteiger partial charge in [0.05, 0.1) is 24.0 Å². The average molecular weight is 349 g/mol. The molecule has 7 heteroatoms. The molecule has 1 aliphatic heterocycles. The Kier molecular flexibility index (Phi) is 5.89. The maximum atomic E-state index is 12.4. The number of piperazine rings is 1. The molecule has 0 aliphatic carbocycles. The zero-order valence-electron chi connectivity index (χ0n) is 15.3. The van der Waals surface area contributed by atoms with Gasteiger partial charge in [0.1, 0.15) is 5.60 Å². The van der Waals surface area contributed by atoms with Crippen molar-refractivity contribution in [3.63, 3.8) is 0 Å². The molecule has 1 aromatic rings. The molecule has 0 radical (unpaired) electrons. The Labute approximate surface area is 148 Å². The maximum absolute atomic E-state index is 12.4. The lowest BCUT2D eigenvalue weighted by Crippen LogP contribution is -2.57. The number of carbonyl (C=O) groups is 2. The second-order valence-electron chi connectivity index (χ2n) is 7.15. The molecule has 1 saturated heterocycles. The fourth-order valence-corrected chi connectivity index (χ4v) is 2.84. The maximum Gasteiger partial charge on any atom is 0.410 e. The third-order valence-corrected chi connectivity index (χ3v) is 3.88. The number of carbonyl (C=O) groups excluding carboxylic acids is 2. The van der Waals surface area contributed by atoms with Crippen molar-refractivity contribution in [2.45, 2.75) is 39.3 Å². The van der Waals surface area contributed by atoms with Gasteiger partial charge in [-0.1, -0.05) is 12.1 Å². The molecule has 1 fully saturated rings. The van der Waals surface area contributed by atoms with Crippen molar-refractivity contribution in [3.05, 3.63) is 24.3 Å². The zero-order valence-corrected chi connectivity index (χ0v) is 15.3. The highest BCUT2D eigenvalue weighted by molar-refractivity contribution is 5.92. The van der Waals surface area contributed by atoms with Gasteiger partial charge in [0.15, 0.2) is 0 Å². The van der Waals surface area contributed by atoms with Gasteiger partial charge >= 0.3 is 6.09 Å². The van der Waals surface area contributed by atoms with Gasteiger partial charge < -0.3 is 20.1 Å². The summed E-state index contributed by atoms with van der Waals surface area (Å²) in [6, 6.07) is 7.15. The van der Waals surface area contributed by atoms with Crippen molar-refractivity contribution < 1.29 is 19.4 Å². The average Bonchev–Trinajstić information content (AvgIpc) is 2.52. The van der Waals surface area contributed by atoms with Gasteiger partial charge in [0.2, 0.25) is 5.91 Å². The highest BCUT2D eigenvalue weighted by Gasteiger charge is 2.33. The van der Waals surface area contributed by atoms with E-state index in [-0.39, 0.29) is 18.6 Å². The van der Waals surface area contributed by atoms with Crippen LogP contribution in [0.25, 0.3) is 0 Å². The minimum atomic E-state index is -0.577. The van der Waals surface area contributed by atoms with Crippen LogP contribution in [0.15, 0.2) is 24.3 Å². The molecule has 1 unspecified atom stereocenters. The number of aliphatic hydroxyl groups excluding tert-OH is 1. The number of hydrogen-bond acceptors (Lipinski definition) is 5. The summed E-state index contributed by atoms with van der Waals surface area (Å²) in [7, 11) is 0. The Balaban J connectivity index is 2.14. The Morgan fingerprint density at radius 2 is 1.96 bits per heavy atom. The summed E-state index contributed by atoms with van der Waals surface area (Å²) in [6.45, 7) is 8.26. The molecule has 2 N–H and O–H groups in total. The molecule has 1 heterocycles. The van der Waals surface area contributed by atoms with E-state index in [1.807, 2.05) is 45.0 Å². The molecule has 1 atom stereocenters. The van der Waals surface area contributed by atoms with Crippen LogP contribution in [0.1, 0.15) is 27.7 Å². The molecule has 25 heavy (non-hydrogen) atoms. The number of rotatable bonds is 3. The molecule has 7 nitrogen and oxygen atoms in total. The van der Waals surface area contributed by atoms with Crippen LogP contribution >= 0.6 is 0 Å². The Morgan fingerprint density at radius 3 is 2.56 bits per heavy atom. The van der Waals surface area contributed by atoms with Crippen molar-refractivity contribution in [3.8, 4) is 0 Å². The van der Waals surface area contributed by atoms with Crippen LogP contribution in [-0.4, -0.2) is 59.9 Å². The van der Waals surface area contributed by atoms with Crippen molar-refractivity contribution in [1.29, 1.82) is 0 Å². The third-order valence-electron chi connectivity index (χ3n) is 3.88. The van der Waals surface area contributed by atoms with E-state index in [1.165, 1.54) is 6.92 Å². The number of ether oxygens (including phenoxy) is 1. The molecule has 2 amide bonds. The van der Waals surface area contributed by atoms with Gasteiger partial charge in [-0.05, 0) is 32.9 Å². The van der Waals surface area contributed by atoms with Crippen LogP contribution in [-0.2, 0) is 9.53 Å². The van der Waals surface area contributed by atoms with Crippen LogP contribution < -0.4 is 10.2 Å². The molecule has 138 valence electrons. The predicted molar refractivity (Wildman–Crippen MR) is 96.8 cm³/mol. The summed E-state index contributed by atoms with van der Waals surface area (Å²) in [4.78, 5) is 27.4. The molecule has 0 aromatic heterocycles. The van der Waals surface area contributed by atoms with E-state index in [9.17, 15) is 14.7 Å². The first-order chi connectivity index (χ1) is 11.7. The molecular weight excluding hydrogens is 322 g/mol. The van der Waals surface area contributed by atoms with Crippen LogP contribution in [0.4, 0.5) is 16.2 Å². The number of hydrogen-bond donors (Lipinski definition) is 2. The smallest absolute Gasteiger partial charge is 0.410 e. The number of benzene rings is 1. The second-order valence-corrected chi connectivity index (χ2v) is 7.15. The highest BCUT2D eigenvalue weighted by atomic mass is 16.6. The molecular formula is C18H27N3O4. The van der Waals surface area contributed by atoms with Crippen LogP contribution in [0.5, 0.6) is 0 Å². The van der Waals surface area contributed by atoms with Crippen molar-refractivity contribution in [2.75, 3.05) is 36.5 Å². The van der Waals surface area contributed by atoms with E-state index in [0.29, 0.717) is 19.6 Å². The topological polar surface area (TPSA) is 82.1 Å². The Morgan fingerprint density at radius 1 is 1.28 bits per heavy atom. The predicted octanol–water partition coefficient (Wildman–Crippen LogP) is 2.06. The summed E-state index contributed by atoms with van der Waals surface area (Å²) in [5, 5.41) is 12.6. The molecule has 0 bridgehead atoms. The third kappa shape index (κ3) is 5.09. The number of anilines is 2. The minimum Gasteiger partial charge on any atom is -0.444 e. The SMILES string of the molecule is CC(=O)Nc1ccccc1N1CCN(C(=O)OC(C)(C)C)C(CO)C1. The van der Waals surface area contributed by atoms with Gasteiger partial charge in [-0.15, -0.1) is 0 Å². The molecule has 0 saturated carbocycles. The van der Waals surface area contributed by atoms with Crippen molar-refractivity contribution in [1.82, 2.24) is 4.90 Å². The van der Waals surface area contributed by atoms with Crippen LogP contribution in [0, 0.1) is 0 Å². The van der Waals surface area contributed by atoms with Gasteiger partial charge in [-0.25, -0.2) is 4.79 Å². The number of nitrogens with zero attached hydrogens (tertiary/aromatic N) is 2. The zero-order chi connectivity index (χ0) is 18.6. The first-order valence-electron chi connectivity index (χ1n) is 8.43. The number of aliphatic hydroxyl groups is 1. The summed E-state index contributed by atoms with van der Waals surface area (Å²) < 4.78 is 5.43.